The second kappa shape index (κ2) is 6.34. The number of nitrogens with one attached hydrogen (secondary N) is 1. The highest BCUT2D eigenvalue weighted by molar-refractivity contribution is 5.58. The molecule has 0 fully saturated rings. The Kier molecular flexibility index (Phi) is 4.52. The summed E-state index contributed by atoms with van der Waals surface area (Å²) in [7, 11) is 0. The standard InChI is InChI=1S/C14H19N5O2/c1-4-13-16-14(5-2)18(17-13)11-7-10(15-6-3)8-12(9-11)19(20)21/h7-9,15H,4-6H2,1-3H3. The summed E-state index contributed by atoms with van der Waals surface area (Å²) in [6, 6.07) is 4.90. The molecular formula is C14H19N5O2. The van der Waals surface area contributed by atoms with Gasteiger partial charge >= 0.3 is 0 Å². The molecule has 0 aliphatic carbocycles. The lowest BCUT2D eigenvalue weighted by Gasteiger charge is -2.08. The third-order valence-corrected chi connectivity index (χ3v) is 3.09. The molecule has 1 N–H and O–H groups in total. The maximum absolute atomic E-state index is 11.1. The second-order valence-corrected chi connectivity index (χ2v) is 4.59. The van der Waals surface area contributed by atoms with E-state index in [-0.39, 0.29) is 5.69 Å². The highest BCUT2D eigenvalue weighted by atomic mass is 16.6. The lowest BCUT2D eigenvalue weighted by molar-refractivity contribution is -0.384. The molecule has 0 bridgehead atoms. The average Bonchev–Trinajstić information content (AvgIpc) is 2.90. The number of nitrogens with zero attached hydrogens (tertiary/aromatic N) is 4. The van der Waals surface area contributed by atoms with Crippen molar-refractivity contribution < 1.29 is 4.92 Å². The molecule has 0 amide bonds. The first kappa shape index (κ1) is 15.0. The predicted molar refractivity (Wildman–Crippen MR) is 80.9 cm³/mol. The van der Waals surface area contributed by atoms with Crippen LogP contribution in [0.15, 0.2) is 18.2 Å². The molecule has 2 aromatic rings. The van der Waals surface area contributed by atoms with E-state index in [0.29, 0.717) is 24.3 Å². The summed E-state index contributed by atoms with van der Waals surface area (Å²) in [5.41, 5.74) is 1.40. The van der Waals surface area contributed by atoms with Crippen LogP contribution in [0.2, 0.25) is 0 Å². The molecule has 112 valence electrons. The highest BCUT2D eigenvalue weighted by Crippen LogP contribution is 2.24. The van der Waals surface area contributed by atoms with E-state index in [1.165, 1.54) is 12.1 Å². The van der Waals surface area contributed by atoms with Crippen molar-refractivity contribution in [3.05, 3.63) is 40.0 Å². The second-order valence-electron chi connectivity index (χ2n) is 4.59. The number of hydrogen-bond donors (Lipinski definition) is 1. The SMILES string of the molecule is CCNc1cc(-n2nc(CC)nc2CC)cc([N+](=O)[O-])c1. The van der Waals surface area contributed by atoms with Crippen LogP contribution in [-0.2, 0) is 12.8 Å². The van der Waals surface area contributed by atoms with E-state index < -0.39 is 4.92 Å². The molecule has 2 rings (SSSR count). The first-order chi connectivity index (χ1) is 10.1. The number of hydrogen-bond acceptors (Lipinski definition) is 5. The summed E-state index contributed by atoms with van der Waals surface area (Å²) in [6.07, 6.45) is 1.45. The summed E-state index contributed by atoms with van der Waals surface area (Å²) < 4.78 is 1.69. The number of nitro groups is 1. The first-order valence-electron chi connectivity index (χ1n) is 7.07. The van der Waals surface area contributed by atoms with Gasteiger partial charge in [-0.15, -0.1) is 0 Å². The summed E-state index contributed by atoms with van der Waals surface area (Å²) >= 11 is 0. The summed E-state index contributed by atoms with van der Waals surface area (Å²) in [5.74, 6) is 1.54. The van der Waals surface area contributed by atoms with Gasteiger partial charge in [-0.1, -0.05) is 13.8 Å². The average molecular weight is 289 g/mol. The van der Waals surface area contributed by atoms with Gasteiger partial charge in [-0.25, -0.2) is 9.67 Å². The van der Waals surface area contributed by atoms with Crippen LogP contribution in [0.4, 0.5) is 11.4 Å². The normalized spacial score (nSPS) is 10.6. The van der Waals surface area contributed by atoms with E-state index in [1.54, 1.807) is 4.68 Å². The van der Waals surface area contributed by atoms with Crippen LogP contribution < -0.4 is 5.32 Å². The Balaban J connectivity index is 2.56. The molecule has 7 heteroatoms. The number of aromatic nitrogens is 3. The number of non-ortho nitro benzene ring substituents is 1. The fourth-order valence-corrected chi connectivity index (χ4v) is 2.11. The minimum Gasteiger partial charge on any atom is -0.385 e. The Bertz CT molecular complexity index is 651. The molecule has 1 aromatic carbocycles. The molecule has 0 unspecified atom stereocenters. The Morgan fingerprint density at radius 1 is 1.24 bits per heavy atom. The van der Waals surface area contributed by atoms with Crippen molar-refractivity contribution in [2.75, 3.05) is 11.9 Å². The van der Waals surface area contributed by atoms with Gasteiger partial charge in [0.25, 0.3) is 5.69 Å². The van der Waals surface area contributed by atoms with Gasteiger partial charge in [-0.2, -0.15) is 5.10 Å². The van der Waals surface area contributed by atoms with Crippen LogP contribution in [0.1, 0.15) is 32.4 Å². The molecule has 1 aromatic heterocycles. The molecule has 1 heterocycles. The molecule has 0 saturated carbocycles. The summed E-state index contributed by atoms with van der Waals surface area (Å²) in [4.78, 5) is 15.1. The monoisotopic (exact) mass is 289 g/mol. The molecular weight excluding hydrogens is 270 g/mol. The van der Waals surface area contributed by atoms with E-state index in [2.05, 4.69) is 15.4 Å². The summed E-state index contributed by atoms with van der Waals surface area (Å²) in [5, 5.41) is 18.6. The molecule has 21 heavy (non-hydrogen) atoms. The number of nitro benzene ring substituents is 1. The van der Waals surface area contributed by atoms with Gasteiger partial charge < -0.3 is 5.32 Å². The lowest BCUT2D eigenvalue weighted by Crippen LogP contribution is -2.05. The number of benzene rings is 1. The van der Waals surface area contributed by atoms with Gasteiger partial charge in [0.05, 0.1) is 10.6 Å². The fourth-order valence-electron chi connectivity index (χ4n) is 2.11. The van der Waals surface area contributed by atoms with Gasteiger partial charge in [-0.3, -0.25) is 10.1 Å². The van der Waals surface area contributed by atoms with Gasteiger partial charge in [0, 0.05) is 37.2 Å². The van der Waals surface area contributed by atoms with Crippen molar-refractivity contribution in [1.29, 1.82) is 0 Å². The van der Waals surface area contributed by atoms with Crippen LogP contribution in [0.5, 0.6) is 0 Å². The molecule has 0 radical (unpaired) electrons. The lowest BCUT2D eigenvalue weighted by atomic mass is 10.2. The van der Waals surface area contributed by atoms with Gasteiger partial charge in [0.15, 0.2) is 5.82 Å². The number of rotatable bonds is 6. The van der Waals surface area contributed by atoms with Crippen LogP contribution >= 0.6 is 0 Å². The first-order valence-corrected chi connectivity index (χ1v) is 7.07. The quantitative estimate of drug-likeness (QED) is 0.652. The van der Waals surface area contributed by atoms with E-state index in [9.17, 15) is 10.1 Å². The molecule has 0 aliphatic heterocycles. The zero-order valence-electron chi connectivity index (χ0n) is 12.5. The third-order valence-electron chi connectivity index (χ3n) is 3.09. The van der Waals surface area contributed by atoms with Crippen molar-refractivity contribution in [1.82, 2.24) is 14.8 Å². The molecule has 0 atom stereocenters. The molecule has 0 spiro atoms. The molecule has 0 aliphatic rings. The smallest absolute Gasteiger partial charge is 0.273 e. The largest absolute Gasteiger partial charge is 0.385 e. The Labute approximate surface area is 123 Å². The Hall–Kier alpha value is -2.44. The molecule has 7 nitrogen and oxygen atoms in total. The fraction of sp³-hybridized carbons (Fsp3) is 0.429. The van der Waals surface area contributed by atoms with Gasteiger partial charge in [-0.05, 0) is 13.0 Å². The van der Waals surface area contributed by atoms with Crippen LogP contribution in [0.25, 0.3) is 5.69 Å². The van der Waals surface area contributed by atoms with Gasteiger partial charge in [0.2, 0.25) is 0 Å². The van der Waals surface area contributed by atoms with Crippen molar-refractivity contribution in [2.24, 2.45) is 0 Å². The summed E-state index contributed by atoms with van der Waals surface area (Å²) in [6.45, 7) is 6.61. The Morgan fingerprint density at radius 2 is 2.00 bits per heavy atom. The minimum atomic E-state index is -0.395. The van der Waals surface area contributed by atoms with Crippen molar-refractivity contribution in [3.63, 3.8) is 0 Å². The molecule has 0 saturated heterocycles. The zero-order valence-corrected chi connectivity index (χ0v) is 12.5. The maximum Gasteiger partial charge on any atom is 0.273 e. The zero-order chi connectivity index (χ0) is 15.4. The Morgan fingerprint density at radius 3 is 2.57 bits per heavy atom. The van der Waals surface area contributed by atoms with Crippen LogP contribution in [0.3, 0.4) is 0 Å². The van der Waals surface area contributed by atoms with Crippen molar-refractivity contribution in [3.8, 4) is 5.69 Å². The number of aryl methyl sites for hydroxylation is 2. The van der Waals surface area contributed by atoms with Gasteiger partial charge in [0.1, 0.15) is 5.82 Å². The van der Waals surface area contributed by atoms with E-state index in [1.807, 2.05) is 26.8 Å². The van der Waals surface area contributed by atoms with E-state index >= 15 is 0 Å². The van der Waals surface area contributed by atoms with Crippen LogP contribution in [-0.4, -0.2) is 26.2 Å². The maximum atomic E-state index is 11.1. The van der Waals surface area contributed by atoms with E-state index in [4.69, 9.17) is 0 Å². The third kappa shape index (κ3) is 3.18. The predicted octanol–water partition coefficient (Wildman–Crippen LogP) is 2.73. The minimum absolute atomic E-state index is 0.0408. The van der Waals surface area contributed by atoms with E-state index in [0.717, 1.165) is 18.1 Å². The van der Waals surface area contributed by atoms with Crippen LogP contribution in [0, 0.1) is 10.1 Å². The highest BCUT2D eigenvalue weighted by Gasteiger charge is 2.15. The van der Waals surface area contributed by atoms with Crippen molar-refractivity contribution >= 4 is 11.4 Å². The topological polar surface area (TPSA) is 85.9 Å². The van der Waals surface area contributed by atoms with Crippen molar-refractivity contribution in [2.45, 2.75) is 33.6 Å². The number of anilines is 1.